The number of hydrogen-bond donors (Lipinski definition) is 2. The highest BCUT2D eigenvalue weighted by atomic mass is 35.5. The van der Waals surface area contributed by atoms with Crippen LogP contribution in [-0.4, -0.2) is 8.42 Å². The quantitative estimate of drug-likeness (QED) is 0.398. The second kappa shape index (κ2) is 8.10. The highest BCUT2D eigenvalue weighted by Crippen LogP contribution is 2.51. The number of fused-ring (bicyclic) bond motifs is 3. The van der Waals surface area contributed by atoms with Crippen molar-refractivity contribution in [3.05, 3.63) is 99.8 Å². The van der Waals surface area contributed by atoms with Gasteiger partial charge in [-0.3, -0.25) is 4.72 Å². The Morgan fingerprint density at radius 3 is 2.59 bits per heavy atom. The van der Waals surface area contributed by atoms with E-state index in [-0.39, 0.29) is 28.5 Å². The number of sulfonamides is 1. The summed E-state index contributed by atoms with van der Waals surface area (Å²) in [5.41, 5.74) is 2.61. The zero-order valence-corrected chi connectivity index (χ0v) is 19.1. The third-order valence-electron chi connectivity index (χ3n) is 6.06. The number of benzene rings is 3. The molecule has 0 unspecified atom stereocenters. The van der Waals surface area contributed by atoms with Crippen molar-refractivity contribution in [3.8, 4) is 0 Å². The zero-order chi connectivity index (χ0) is 22.5. The number of rotatable bonds is 4. The Hall–Kier alpha value is -2.54. The molecule has 8 heteroatoms. The molecule has 3 aromatic rings. The number of allylic oxidation sites excluding steroid dienone is 2. The van der Waals surface area contributed by atoms with E-state index in [1.807, 2.05) is 12.1 Å². The van der Waals surface area contributed by atoms with E-state index in [0.717, 1.165) is 23.2 Å². The Balaban J connectivity index is 1.51. The largest absolute Gasteiger partial charge is 0.378 e. The highest BCUT2D eigenvalue weighted by molar-refractivity contribution is 7.92. The van der Waals surface area contributed by atoms with Crippen LogP contribution < -0.4 is 10.0 Å². The molecule has 0 radical (unpaired) electrons. The van der Waals surface area contributed by atoms with Crippen LogP contribution in [0, 0.1) is 11.7 Å². The standard InChI is InChI=1S/C24H19Cl2FN2O2S/c25-14-8-10-18(20(26)12-14)24-17-5-3-4-16(17)19-13-15(9-11-22(19)28-24)32(30,31)29-23-7-2-1-6-21(23)27/h1-4,6-13,16-17,24,28-29H,5H2/t16-,17+,24-/m0/s1. The van der Waals surface area contributed by atoms with Crippen molar-refractivity contribution in [3.63, 3.8) is 0 Å². The van der Waals surface area contributed by atoms with E-state index in [1.54, 1.807) is 24.3 Å². The van der Waals surface area contributed by atoms with E-state index < -0.39 is 15.8 Å². The van der Waals surface area contributed by atoms with Crippen LogP contribution in [0.25, 0.3) is 0 Å². The summed E-state index contributed by atoms with van der Waals surface area (Å²) < 4.78 is 42.2. The van der Waals surface area contributed by atoms with Crippen molar-refractivity contribution in [2.45, 2.75) is 23.3 Å². The van der Waals surface area contributed by atoms with Gasteiger partial charge in [-0.15, -0.1) is 0 Å². The second-order valence-corrected chi connectivity index (χ2v) is 10.5. The zero-order valence-electron chi connectivity index (χ0n) is 16.7. The minimum Gasteiger partial charge on any atom is -0.378 e. The predicted octanol–water partition coefficient (Wildman–Crippen LogP) is 6.76. The molecule has 0 saturated carbocycles. The van der Waals surface area contributed by atoms with Gasteiger partial charge in [-0.1, -0.05) is 53.6 Å². The number of nitrogens with one attached hydrogen (secondary N) is 2. The third-order valence-corrected chi connectivity index (χ3v) is 7.99. The summed E-state index contributed by atoms with van der Waals surface area (Å²) in [6, 6.07) is 16.1. The first-order valence-corrected chi connectivity index (χ1v) is 12.4. The first-order valence-electron chi connectivity index (χ1n) is 10.1. The lowest BCUT2D eigenvalue weighted by molar-refractivity contribution is 0.425. The summed E-state index contributed by atoms with van der Waals surface area (Å²) in [6.07, 6.45) is 5.06. The number of hydrogen-bond acceptors (Lipinski definition) is 3. The molecule has 1 heterocycles. The fourth-order valence-electron chi connectivity index (χ4n) is 4.55. The minimum atomic E-state index is -3.95. The first-order chi connectivity index (χ1) is 15.3. The van der Waals surface area contributed by atoms with Crippen LogP contribution in [0.5, 0.6) is 0 Å². The molecule has 1 aliphatic carbocycles. The van der Waals surface area contributed by atoms with Gasteiger partial charge < -0.3 is 5.32 Å². The van der Waals surface area contributed by atoms with Gasteiger partial charge in [0.05, 0.1) is 16.6 Å². The van der Waals surface area contributed by atoms with Crippen molar-refractivity contribution >= 4 is 44.6 Å². The molecule has 0 aromatic heterocycles. The summed E-state index contributed by atoms with van der Waals surface area (Å²) in [7, 11) is -3.95. The molecule has 3 atom stereocenters. The van der Waals surface area contributed by atoms with E-state index in [9.17, 15) is 12.8 Å². The average molecular weight is 489 g/mol. The van der Waals surface area contributed by atoms with Gasteiger partial charge in [0.25, 0.3) is 10.0 Å². The normalized spacial score (nSPS) is 21.5. The fraction of sp³-hybridized carbons (Fsp3) is 0.167. The Morgan fingerprint density at radius 2 is 1.81 bits per heavy atom. The molecule has 0 saturated heterocycles. The van der Waals surface area contributed by atoms with Crippen LogP contribution >= 0.6 is 23.2 Å². The van der Waals surface area contributed by atoms with Gasteiger partial charge in [0.15, 0.2) is 0 Å². The summed E-state index contributed by atoms with van der Waals surface area (Å²) >= 11 is 12.6. The summed E-state index contributed by atoms with van der Waals surface area (Å²) in [5.74, 6) is -0.414. The predicted molar refractivity (Wildman–Crippen MR) is 126 cm³/mol. The summed E-state index contributed by atoms with van der Waals surface area (Å²) in [4.78, 5) is 0.0864. The summed E-state index contributed by atoms with van der Waals surface area (Å²) in [6.45, 7) is 0. The second-order valence-electron chi connectivity index (χ2n) is 7.98. The van der Waals surface area contributed by atoms with Crippen LogP contribution in [-0.2, 0) is 10.0 Å². The molecule has 0 bridgehead atoms. The molecule has 2 N–H and O–H groups in total. The highest BCUT2D eigenvalue weighted by Gasteiger charge is 2.39. The molecule has 3 aromatic carbocycles. The number of para-hydroxylation sites is 1. The van der Waals surface area contributed by atoms with Crippen molar-refractivity contribution < 1.29 is 12.8 Å². The van der Waals surface area contributed by atoms with Crippen LogP contribution in [0.2, 0.25) is 10.0 Å². The lowest BCUT2D eigenvalue weighted by atomic mass is 9.77. The maximum Gasteiger partial charge on any atom is 0.261 e. The van der Waals surface area contributed by atoms with Crippen LogP contribution in [0.1, 0.15) is 29.5 Å². The van der Waals surface area contributed by atoms with Crippen molar-refractivity contribution in [1.29, 1.82) is 0 Å². The molecule has 4 nitrogen and oxygen atoms in total. The molecule has 164 valence electrons. The lowest BCUT2D eigenvalue weighted by Crippen LogP contribution is -2.29. The Labute approximate surface area is 196 Å². The maximum atomic E-state index is 14.0. The Morgan fingerprint density at radius 1 is 1.00 bits per heavy atom. The van der Waals surface area contributed by atoms with Gasteiger partial charge in [-0.25, -0.2) is 12.8 Å². The van der Waals surface area contributed by atoms with Gasteiger partial charge >= 0.3 is 0 Å². The van der Waals surface area contributed by atoms with Gasteiger partial charge in [0, 0.05) is 21.7 Å². The Kier molecular flexibility index (Phi) is 5.40. The number of halogens is 3. The summed E-state index contributed by atoms with van der Waals surface area (Å²) in [5, 5.41) is 4.71. The van der Waals surface area contributed by atoms with Crippen LogP contribution in [0.3, 0.4) is 0 Å². The van der Waals surface area contributed by atoms with E-state index >= 15 is 0 Å². The molecule has 2 aliphatic rings. The molecule has 0 fully saturated rings. The van der Waals surface area contributed by atoms with E-state index in [4.69, 9.17) is 23.2 Å². The molecular formula is C24H19Cl2FN2O2S. The number of anilines is 2. The van der Waals surface area contributed by atoms with Gasteiger partial charge in [0.2, 0.25) is 0 Å². The van der Waals surface area contributed by atoms with Crippen molar-refractivity contribution in [2.24, 2.45) is 5.92 Å². The van der Waals surface area contributed by atoms with E-state index in [0.29, 0.717) is 10.0 Å². The van der Waals surface area contributed by atoms with Crippen LogP contribution in [0.4, 0.5) is 15.8 Å². The molecule has 1 aliphatic heterocycles. The first kappa shape index (κ1) is 21.3. The molecule has 5 rings (SSSR count). The third kappa shape index (κ3) is 3.76. The van der Waals surface area contributed by atoms with Gasteiger partial charge in [-0.05, 0) is 65.9 Å². The average Bonchev–Trinajstić information content (AvgIpc) is 3.25. The van der Waals surface area contributed by atoms with Gasteiger partial charge in [-0.2, -0.15) is 0 Å². The van der Waals surface area contributed by atoms with E-state index in [2.05, 4.69) is 22.2 Å². The SMILES string of the molecule is O=S(=O)(Nc1ccccc1F)c1ccc2c(c1)[C@H]1C=CC[C@H]1[C@@H](c1ccc(Cl)cc1Cl)N2. The molecule has 0 spiro atoms. The molecular weight excluding hydrogens is 470 g/mol. The monoisotopic (exact) mass is 488 g/mol. The van der Waals surface area contributed by atoms with Crippen molar-refractivity contribution in [1.82, 2.24) is 0 Å². The topological polar surface area (TPSA) is 58.2 Å². The lowest BCUT2D eigenvalue weighted by Gasteiger charge is -2.38. The Bertz CT molecular complexity index is 1340. The molecule has 0 amide bonds. The smallest absolute Gasteiger partial charge is 0.261 e. The fourth-order valence-corrected chi connectivity index (χ4v) is 6.18. The maximum absolute atomic E-state index is 14.0. The minimum absolute atomic E-state index is 0.0339. The van der Waals surface area contributed by atoms with Crippen LogP contribution in [0.15, 0.2) is 77.7 Å². The van der Waals surface area contributed by atoms with Crippen molar-refractivity contribution in [2.75, 3.05) is 10.0 Å². The van der Waals surface area contributed by atoms with E-state index in [1.165, 1.54) is 24.3 Å². The molecule has 32 heavy (non-hydrogen) atoms. The van der Waals surface area contributed by atoms with Gasteiger partial charge in [0.1, 0.15) is 5.82 Å².